The van der Waals surface area contributed by atoms with Gasteiger partial charge in [-0.25, -0.2) is 0 Å². The van der Waals surface area contributed by atoms with E-state index >= 15 is 0 Å². The summed E-state index contributed by atoms with van der Waals surface area (Å²) in [5.41, 5.74) is 0. The highest BCUT2D eigenvalue weighted by Gasteiger charge is 2.43. The molecule has 2 aliphatic rings. The van der Waals surface area contributed by atoms with E-state index in [0.29, 0.717) is 11.8 Å². The van der Waals surface area contributed by atoms with Crippen LogP contribution in [0.5, 0.6) is 0 Å². The van der Waals surface area contributed by atoms with Crippen LogP contribution in [0.3, 0.4) is 0 Å². The fourth-order valence-electron chi connectivity index (χ4n) is 3.24. The van der Waals surface area contributed by atoms with Crippen LogP contribution in [0, 0.1) is 11.8 Å². The lowest BCUT2D eigenvalue weighted by Gasteiger charge is -2.17. The van der Waals surface area contributed by atoms with Crippen LogP contribution in [0.1, 0.15) is 34.3 Å². The Morgan fingerprint density at radius 2 is 2.28 bits per heavy atom. The van der Waals surface area contributed by atoms with Gasteiger partial charge < -0.3 is 10.0 Å². The van der Waals surface area contributed by atoms with Gasteiger partial charge in [0.1, 0.15) is 0 Å². The van der Waals surface area contributed by atoms with E-state index in [1.165, 1.54) is 4.88 Å². The predicted octanol–water partition coefficient (Wildman–Crippen LogP) is 2.15. The summed E-state index contributed by atoms with van der Waals surface area (Å²) < 4.78 is 0. The van der Waals surface area contributed by atoms with Crippen molar-refractivity contribution in [3.63, 3.8) is 0 Å². The Balaban J connectivity index is 1.71. The number of rotatable bonds is 2. The van der Waals surface area contributed by atoms with Crippen molar-refractivity contribution in [2.24, 2.45) is 11.8 Å². The summed E-state index contributed by atoms with van der Waals surface area (Å²) in [5.74, 6) is 0.996. The molecule has 2 fully saturated rings. The summed E-state index contributed by atoms with van der Waals surface area (Å²) in [6.45, 7) is 3.68. The van der Waals surface area contributed by atoms with E-state index in [-0.39, 0.29) is 12.0 Å². The van der Waals surface area contributed by atoms with E-state index in [0.717, 1.165) is 37.2 Å². The van der Waals surface area contributed by atoms with Gasteiger partial charge in [-0.3, -0.25) is 4.79 Å². The van der Waals surface area contributed by atoms with Crippen molar-refractivity contribution in [3.8, 4) is 0 Å². The first-order chi connectivity index (χ1) is 8.69. The fourth-order valence-corrected chi connectivity index (χ4v) is 4.16. The van der Waals surface area contributed by atoms with Crippen LogP contribution in [0.4, 0.5) is 0 Å². The summed E-state index contributed by atoms with van der Waals surface area (Å²) in [4.78, 5) is 16.4. The molecule has 1 N–H and O–H groups in total. The molecule has 3 atom stereocenters. The third-order valence-corrected chi connectivity index (χ3v) is 5.54. The van der Waals surface area contributed by atoms with Gasteiger partial charge in [-0.1, -0.05) is 6.92 Å². The number of amides is 1. The average Bonchev–Trinajstić information content (AvgIpc) is 3.06. The van der Waals surface area contributed by atoms with Crippen molar-refractivity contribution in [2.75, 3.05) is 13.1 Å². The zero-order valence-electron chi connectivity index (χ0n) is 10.6. The number of hydrogen-bond donors (Lipinski definition) is 1. The Morgan fingerprint density at radius 1 is 1.44 bits per heavy atom. The van der Waals surface area contributed by atoms with E-state index in [9.17, 15) is 9.90 Å². The van der Waals surface area contributed by atoms with E-state index in [2.05, 4.69) is 6.92 Å². The van der Waals surface area contributed by atoms with Crippen LogP contribution in [0.25, 0.3) is 0 Å². The lowest BCUT2D eigenvalue weighted by atomic mass is 10.00. The van der Waals surface area contributed by atoms with E-state index in [1.54, 1.807) is 11.3 Å². The van der Waals surface area contributed by atoms with Crippen LogP contribution in [-0.2, 0) is 6.42 Å². The Bertz CT molecular complexity index is 456. The summed E-state index contributed by atoms with van der Waals surface area (Å²) in [6, 6.07) is 3.99. The molecule has 0 bridgehead atoms. The highest BCUT2D eigenvalue weighted by atomic mass is 32.1. The lowest BCUT2D eigenvalue weighted by Crippen LogP contribution is -2.30. The van der Waals surface area contributed by atoms with Gasteiger partial charge in [0.05, 0.1) is 11.0 Å². The largest absolute Gasteiger partial charge is 0.393 e. The van der Waals surface area contributed by atoms with E-state index in [1.807, 2.05) is 17.0 Å². The van der Waals surface area contributed by atoms with Crippen molar-refractivity contribution in [2.45, 2.75) is 32.3 Å². The molecule has 1 saturated heterocycles. The molecule has 3 nitrogen and oxygen atoms in total. The smallest absolute Gasteiger partial charge is 0.263 e. The molecule has 18 heavy (non-hydrogen) atoms. The molecule has 98 valence electrons. The molecule has 1 saturated carbocycles. The molecular weight excluding hydrogens is 246 g/mol. The summed E-state index contributed by atoms with van der Waals surface area (Å²) in [7, 11) is 0. The van der Waals surface area contributed by atoms with Crippen molar-refractivity contribution in [1.82, 2.24) is 4.90 Å². The van der Waals surface area contributed by atoms with Gasteiger partial charge in [-0.05, 0) is 37.3 Å². The van der Waals surface area contributed by atoms with Crippen LogP contribution >= 0.6 is 11.3 Å². The topological polar surface area (TPSA) is 40.5 Å². The maximum absolute atomic E-state index is 12.4. The Morgan fingerprint density at radius 3 is 2.94 bits per heavy atom. The standard InChI is InChI=1S/C14H19NO2S/c1-2-10-4-6-13(18-10)14(17)15-7-9-3-5-12(16)11(9)8-15/h4,6,9,11-12,16H,2-3,5,7-8H2,1H3. The van der Waals surface area contributed by atoms with Crippen LogP contribution in [0.2, 0.25) is 0 Å². The number of aryl methyl sites for hydroxylation is 1. The minimum Gasteiger partial charge on any atom is -0.393 e. The molecule has 3 unspecified atom stereocenters. The van der Waals surface area contributed by atoms with Gasteiger partial charge in [-0.15, -0.1) is 11.3 Å². The molecule has 1 aromatic rings. The number of thiophene rings is 1. The molecular formula is C14H19NO2S. The number of carbonyl (C=O) groups excluding carboxylic acids is 1. The minimum atomic E-state index is -0.192. The SMILES string of the molecule is CCc1ccc(C(=O)N2CC3CCC(O)C3C2)s1. The third kappa shape index (κ3) is 1.97. The highest BCUT2D eigenvalue weighted by Crippen LogP contribution is 2.38. The number of aliphatic hydroxyl groups excluding tert-OH is 1. The average molecular weight is 265 g/mol. The maximum atomic E-state index is 12.4. The Kier molecular flexibility index (Phi) is 3.16. The molecule has 1 amide bonds. The highest BCUT2D eigenvalue weighted by molar-refractivity contribution is 7.14. The molecule has 0 radical (unpaired) electrons. The molecule has 0 spiro atoms. The second kappa shape index (κ2) is 4.67. The number of nitrogens with zero attached hydrogens (tertiary/aromatic N) is 1. The quantitative estimate of drug-likeness (QED) is 0.890. The molecule has 2 heterocycles. The summed E-state index contributed by atoms with van der Waals surface area (Å²) >= 11 is 1.60. The van der Waals surface area contributed by atoms with Crippen molar-refractivity contribution >= 4 is 17.2 Å². The van der Waals surface area contributed by atoms with Crippen LogP contribution in [0.15, 0.2) is 12.1 Å². The molecule has 3 rings (SSSR count). The van der Waals surface area contributed by atoms with Crippen molar-refractivity contribution < 1.29 is 9.90 Å². The molecule has 1 aliphatic heterocycles. The van der Waals surface area contributed by atoms with Crippen LogP contribution in [-0.4, -0.2) is 35.1 Å². The second-order valence-electron chi connectivity index (χ2n) is 5.40. The van der Waals surface area contributed by atoms with E-state index < -0.39 is 0 Å². The minimum absolute atomic E-state index is 0.154. The van der Waals surface area contributed by atoms with Gasteiger partial charge in [0.15, 0.2) is 0 Å². The second-order valence-corrected chi connectivity index (χ2v) is 6.57. The Hall–Kier alpha value is -0.870. The van der Waals surface area contributed by atoms with Gasteiger partial charge in [0, 0.05) is 23.9 Å². The number of carbonyl (C=O) groups is 1. The summed E-state index contributed by atoms with van der Waals surface area (Å²) in [6.07, 6.45) is 2.78. The monoisotopic (exact) mass is 265 g/mol. The fraction of sp³-hybridized carbons (Fsp3) is 0.643. The predicted molar refractivity (Wildman–Crippen MR) is 71.8 cm³/mol. The molecule has 4 heteroatoms. The van der Waals surface area contributed by atoms with Crippen molar-refractivity contribution in [3.05, 3.63) is 21.9 Å². The third-order valence-electron chi connectivity index (χ3n) is 4.33. The summed E-state index contributed by atoms with van der Waals surface area (Å²) in [5, 5.41) is 9.88. The van der Waals surface area contributed by atoms with Gasteiger partial charge >= 0.3 is 0 Å². The van der Waals surface area contributed by atoms with E-state index in [4.69, 9.17) is 0 Å². The van der Waals surface area contributed by atoms with Gasteiger partial charge in [-0.2, -0.15) is 0 Å². The van der Waals surface area contributed by atoms with Crippen molar-refractivity contribution in [1.29, 1.82) is 0 Å². The van der Waals surface area contributed by atoms with Gasteiger partial charge in [0.25, 0.3) is 5.91 Å². The maximum Gasteiger partial charge on any atom is 0.263 e. The molecule has 0 aromatic carbocycles. The number of hydrogen-bond acceptors (Lipinski definition) is 3. The number of aliphatic hydroxyl groups is 1. The number of likely N-dealkylation sites (tertiary alicyclic amines) is 1. The van der Waals surface area contributed by atoms with Crippen LogP contribution < -0.4 is 0 Å². The lowest BCUT2D eigenvalue weighted by molar-refractivity contribution is 0.0757. The number of fused-ring (bicyclic) bond motifs is 1. The normalized spacial score (nSPS) is 30.8. The zero-order valence-corrected chi connectivity index (χ0v) is 11.4. The molecule has 1 aromatic heterocycles. The van der Waals surface area contributed by atoms with Gasteiger partial charge in [0.2, 0.25) is 0 Å². The first-order valence-corrected chi connectivity index (χ1v) is 7.56. The Labute approximate surface area is 111 Å². The molecule has 1 aliphatic carbocycles. The zero-order chi connectivity index (χ0) is 12.7. The first-order valence-electron chi connectivity index (χ1n) is 6.75. The first kappa shape index (κ1) is 12.2.